The third-order valence-electron chi connectivity index (χ3n) is 6.31. The van der Waals surface area contributed by atoms with Crippen molar-refractivity contribution in [3.05, 3.63) is 66.2 Å². The Bertz CT molecular complexity index is 1220. The number of para-hydroxylation sites is 1. The number of aromatic nitrogens is 4. The highest BCUT2D eigenvalue weighted by molar-refractivity contribution is 5.96. The zero-order valence-corrected chi connectivity index (χ0v) is 18.5. The van der Waals surface area contributed by atoms with Crippen molar-refractivity contribution >= 4 is 22.8 Å². The molecule has 5 rings (SSSR count). The molecule has 32 heavy (non-hydrogen) atoms. The molecule has 2 atom stereocenters. The smallest absolute Gasteiger partial charge is 0.275 e. The molecular weight excluding hydrogens is 404 g/mol. The molecule has 0 spiro atoms. The Labute approximate surface area is 186 Å². The highest BCUT2D eigenvalue weighted by Gasteiger charge is 2.36. The number of hydrogen-bond donors (Lipinski definition) is 0. The van der Waals surface area contributed by atoms with Gasteiger partial charge in [0.2, 0.25) is 0 Å². The van der Waals surface area contributed by atoms with E-state index in [9.17, 15) is 4.79 Å². The summed E-state index contributed by atoms with van der Waals surface area (Å²) in [5.74, 6) is 0.708. The number of pyridine rings is 1. The summed E-state index contributed by atoms with van der Waals surface area (Å²) in [6.07, 6.45) is 6.80. The summed E-state index contributed by atoms with van der Waals surface area (Å²) in [5.41, 5.74) is 2.78. The van der Waals surface area contributed by atoms with E-state index in [2.05, 4.69) is 33.1 Å². The van der Waals surface area contributed by atoms with E-state index in [1.165, 1.54) is 4.80 Å². The van der Waals surface area contributed by atoms with Crippen LogP contribution in [0.4, 0.5) is 5.88 Å². The Hall–Kier alpha value is -3.68. The van der Waals surface area contributed by atoms with Crippen LogP contribution in [0.1, 0.15) is 35.8 Å². The molecule has 4 heterocycles. The van der Waals surface area contributed by atoms with E-state index in [0.29, 0.717) is 17.9 Å². The van der Waals surface area contributed by atoms with E-state index >= 15 is 0 Å². The first kappa shape index (κ1) is 20.2. The topological polar surface area (TPSA) is 80.3 Å². The molecule has 0 unspecified atom stereocenters. The molecule has 0 aliphatic carbocycles. The van der Waals surface area contributed by atoms with Gasteiger partial charge in [-0.25, -0.2) is 4.98 Å². The van der Waals surface area contributed by atoms with Crippen LogP contribution in [-0.2, 0) is 0 Å². The number of likely N-dealkylation sites (tertiary alicyclic amines) is 1. The van der Waals surface area contributed by atoms with Gasteiger partial charge in [-0.15, -0.1) is 4.80 Å². The van der Waals surface area contributed by atoms with Gasteiger partial charge in [-0.2, -0.15) is 10.2 Å². The van der Waals surface area contributed by atoms with Gasteiger partial charge in [0.1, 0.15) is 11.3 Å². The predicted octanol–water partition coefficient (Wildman–Crippen LogP) is 3.85. The molecule has 0 N–H and O–H groups in total. The summed E-state index contributed by atoms with van der Waals surface area (Å²) in [6, 6.07) is 12.1. The number of likely N-dealkylation sites (N-methyl/N-ethyl adjacent to an activating group) is 1. The summed E-state index contributed by atoms with van der Waals surface area (Å²) in [5, 5.41) is 9.50. The lowest BCUT2D eigenvalue weighted by Crippen LogP contribution is -2.55. The minimum Gasteiger partial charge on any atom is -0.441 e. The van der Waals surface area contributed by atoms with Crippen LogP contribution in [0.5, 0.6) is 0 Å². The molecule has 1 amide bonds. The number of nitrogens with zero attached hydrogens (tertiary/aromatic N) is 6. The van der Waals surface area contributed by atoms with Gasteiger partial charge in [0.15, 0.2) is 11.6 Å². The molecular formula is C24H26N6O2. The molecule has 0 saturated carbocycles. The fourth-order valence-electron chi connectivity index (χ4n) is 4.58. The molecule has 1 aromatic carbocycles. The number of benzene rings is 1. The number of amides is 1. The largest absolute Gasteiger partial charge is 0.441 e. The van der Waals surface area contributed by atoms with Crippen molar-refractivity contribution in [1.29, 1.82) is 0 Å². The van der Waals surface area contributed by atoms with Crippen LogP contribution in [-0.4, -0.2) is 56.5 Å². The quantitative estimate of drug-likeness (QED) is 0.489. The first-order chi connectivity index (χ1) is 15.5. The molecule has 0 radical (unpaired) electrons. The third-order valence-corrected chi connectivity index (χ3v) is 6.31. The second-order valence-electron chi connectivity index (χ2n) is 8.38. The summed E-state index contributed by atoms with van der Waals surface area (Å²) >= 11 is 0. The molecule has 8 heteroatoms. The minimum atomic E-state index is -0.104. The van der Waals surface area contributed by atoms with Gasteiger partial charge in [-0.3, -0.25) is 4.79 Å². The summed E-state index contributed by atoms with van der Waals surface area (Å²) in [4.78, 5) is 23.6. The third kappa shape index (κ3) is 3.51. The molecule has 3 aromatic heterocycles. The Morgan fingerprint density at radius 1 is 1.19 bits per heavy atom. The van der Waals surface area contributed by atoms with E-state index in [1.807, 2.05) is 49.2 Å². The highest BCUT2D eigenvalue weighted by Crippen LogP contribution is 2.31. The van der Waals surface area contributed by atoms with Gasteiger partial charge in [0, 0.05) is 37.3 Å². The molecule has 8 nitrogen and oxygen atoms in total. The number of carbonyl (C=O) groups is 1. The lowest BCUT2D eigenvalue weighted by Gasteiger charge is -2.43. The normalized spacial score (nSPS) is 18.8. The predicted molar refractivity (Wildman–Crippen MR) is 122 cm³/mol. The molecule has 1 saturated heterocycles. The number of piperidine rings is 1. The van der Waals surface area contributed by atoms with Crippen LogP contribution in [0.25, 0.3) is 16.7 Å². The van der Waals surface area contributed by atoms with Crippen LogP contribution in [0.2, 0.25) is 0 Å². The van der Waals surface area contributed by atoms with Crippen molar-refractivity contribution in [3.63, 3.8) is 0 Å². The highest BCUT2D eigenvalue weighted by atomic mass is 16.4. The standard InChI is InChI=1S/C24H26N6O2/c1-16-13-20(30-26-10-11-27-30)23(25-15-16)24(31)29-12-6-8-19(17(29)2)28(3)22-14-18-7-4-5-9-21(18)32-22/h4-5,7,9-11,13-15,17,19H,6,8,12H2,1-3H3/t17-,19+/m0/s1. The number of carbonyl (C=O) groups excluding carboxylic acids is 1. The van der Waals surface area contributed by atoms with Crippen molar-refractivity contribution in [2.24, 2.45) is 0 Å². The van der Waals surface area contributed by atoms with Crippen molar-refractivity contribution < 1.29 is 9.21 Å². The van der Waals surface area contributed by atoms with Crippen LogP contribution in [0.15, 0.2) is 59.4 Å². The summed E-state index contributed by atoms with van der Waals surface area (Å²) in [7, 11) is 2.04. The van der Waals surface area contributed by atoms with Gasteiger partial charge in [-0.05, 0) is 44.4 Å². The zero-order chi connectivity index (χ0) is 22.2. The van der Waals surface area contributed by atoms with E-state index < -0.39 is 0 Å². The van der Waals surface area contributed by atoms with Gasteiger partial charge in [0.05, 0.1) is 18.4 Å². The van der Waals surface area contributed by atoms with Gasteiger partial charge in [0.25, 0.3) is 5.91 Å². The van der Waals surface area contributed by atoms with Crippen LogP contribution >= 0.6 is 0 Å². The van der Waals surface area contributed by atoms with Gasteiger partial charge < -0.3 is 14.2 Å². The SMILES string of the molecule is Cc1cnc(C(=O)N2CCC[C@@H](N(C)c3cc4ccccc4o3)[C@@H]2C)c(-n2nccn2)c1. The van der Waals surface area contributed by atoms with Crippen molar-refractivity contribution in [1.82, 2.24) is 24.9 Å². The molecule has 4 aromatic rings. The summed E-state index contributed by atoms with van der Waals surface area (Å²) in [6.45, 7) is 4.73. The van der Waals surface area contributed by atoms with Gasteiger partial charge >= 0.3 is 0 Å². The van der Waals surface area contributed by atoms with Crippen LogP contribution in [0, 0.1) is 6.92 Å². The van der Waals surface area contributed by atoms with E-state index in [1.54, 1.807) is 18.6 Å². The first-order valence-corrected chi connectivity index (χ1v) is 10.9. The Balaban J connectivity index is 1.43. The first-order valence-electron chi connectivity index (χ1n) is 10.9. The van der Waals surface area contributed by atoms with E-state index in [0.717, 1.165) is 35.3 Å². The van der Waals surface area contributed by atoms with Crippen LogP contribution < -0.4 is 4.90 Å². The second-order valence-corrected chi connectivity index (χ2v) is 8.38. The zero-order valence-electron chi connectivity index (χ0n) is 18.5. The lowest BCUT2D eigenvalue weighted by molar-refractivity contribution is 0.0593. The number of fused-ring (bicyclic) bond motifs is 1. The Kier molecular flexibility index (Phi) is 5.13. The van der Waals surface area contributed by atoms with E-state index in [-0.39, 0.29) is 18.0 Å². The number of hydrogen-bond acceptors (Lipinski definition) is 6. The Morgan fingerprint density at radius 2 is 1.97 bits per heavy atom. The number of furan rings is 1. The summed E-state index contributed by atoms with van der Waals surface area (Å²) < 4.78 is 6.08. The molecule has 1 aliphatic rings. The maximum atomic E-state index is 13.6. The molecule has 1 fully saturated rings. The maximum absolute atomic E-state index is 13.6. The molecule has 164 valence electrons. The van der Waals surface area contributed by atoms with Crippen molar-refractivity contribution in [2.75, 3.05) is 18.5 Å². The minimum absolute atomic E-state index is 0.0176. The fraction of sp³-hybridized carbons (Fsp3) is 0.333. The van der Waals surface area contributed by atoms with Gasteiger partial charge in [-0.1, -0.05) is 18.2 Å². The maximum Gasteiger partial charge on any atom is 0.275 e. The lowest BCUT2D eigenvalue weighted by atomic mass is 9.95. The molecule has 0 bridgehead atoms. The monoisotopic (exact) mass is 430 g/mol. The second kappa shape index (κ2) is 8.11. The number of anilines is 1. The van der Waals surface area contributed by atoms with Crippen LogP contribution in [0.3, 0.4) is 0 Å². The number of aryl methyl sites for hydroxylation is 1. The fourth-order valence-corrected chi connectivity index (χ4v) is 4.58. The van der Waals surface area contributed by atoms with E-state index in [4.69, 9.17) is 4.42 Å². The number of rotatable bonds is 4. The average Bonchev–Trinajstić information content (AvgIpc) is 3.48. The van der Waals surface area contributed by atoms with Crippen molar-refractivity contribution in [2.45, 2.75) is 38.8 Å². The van der Waals surface area contributed by atoms with Crippen molar-refractivity contribution in [3.8, 4) is 5.69 Å². The molecule has 1 aliphatic heterocycles. The Morgan fingerprint density at radius 3 is 2.75 bits per heavy atom. The average molecular weight is 431 g/mol.